The molecule has 3 aromatic rings. The number of carbonyl (C=O) groups is 2. The molecule has 2 amide bonds. The van der Waals surface area contributed by atoms with Crippen LogP contribution in [0.2, 0.25) is 0 Å². The first-order valence-electron chi connectivity index (χ1n) is 8.79. The van der Waals surface area contributed by atoms with E-state index in [-0.39, 0.29) is 24.6 Å². The van der Waals surface area contributed by atoms with Gasteiger partial charge in [-0.3, -0.25) is 18.8 Å². The third-order valence-electron chi connectivity index (χ3n) is 4.81. The fraction of sp³-hybridized carbons (Fsp3) is 0.200. The molecule has 1 aliphatic heterocycles. The Morgan fingerprint density at radius 2 is 1.93 bits per heavy atom. The van der Waals surface area contributed by atoms with Crippen molar-refractivity contribution in [3.63, 3.8) is 0 Å². The number of pyridine rings is 1. The van der Waals surface area contributed by atoms with Crippen LogP contribution in [0, 0.1) is 12.7 Å². The molecule has 1 saturated heterocycles. The number of amides is 2. The summed E-state index contributed by atoms with van der Waals surface area (Å²) in [6.07, 6.45) is 1.24. The number of nitrogens with zero attached hydrogens (tertiary/aromatic N) is 3. The van der Waals surface area contributed by atoms with Crippen LogP contribution >= 0.6 is 0 Å². The van der Waals surface area contributed by atoms with Crippen LogP contribution in [0.15, 0.2) is 53.5 Å². The summed E-state index contributed by atoms with van der Waals surface area (Å²) in [6, 6.07) is 9.64. The van der Waals surface area contributed by atoms with Gasteiger partial charge in [0.25, 0.3) is 11.5 Å². The second-order valence-electron chi connectivity index (χ2n) is 6.58. The van der Waals surface area contributed by atoms with Crippen molar-refractivity contribution in [2.45, 2.75) is 13.0 Å². The molecule has 3 heterocycles. The van der Waals surface area contributed by atoms with E-state index in [4.69, 9.17) is 0 Å². The Hall–Kier alpha value is -3.55. The fourth-order valence-corrected chi connectivity index (χ4v) is 3.44. The molecule has 0 unspecified atom stereocenters. The number of carbonyl (C=O) groups excluding carboxylic acids is 2. The van der Waals surface area contributed by atoms with Gasteiger partial charge in [-0.1, -0.05) is 18.2 Å². The lowest BCUT2D eigenvalue weighted by Crippen LogP contribution is -2.53. The standard InChI is InChI=1S/C20H17FN4O3/c1-12-3-2-4-16-23-11-15(20(28)25(12)16)19(27)24-10-9-22-18(26)17(24)13-5-7-14(21)8-6-13/h2-8,11,17H,9-10H2,1H3,(H,22,26)/t17-/m0/s1. The molecular weight excluding hydrogens is 363 g/mol. The van der Waals surface area contributed by atoms with Gasteiger partial charge in [0.15, 0.2) is 0 Å². The minimum absolute atomic E-state index is 0.117. The van der Waals surface area contributed by atoms with Crippen molar-refractivity contribution >= 4 is 17.5 Å². The molecule has 0 saturated carbocycles. The second-order valence-corrected chi connectivity index (χ2v) is 6.58. The summed E-state index contributed by atoms with van der Waals surface area (Å²) in [6.45, 7) is 2.24. The van der Waals surface area contributed by atoms with Crippen LogP contribution in [0.25, 0.3) is 5.65 Å². The first-order chi connectivity index (χ1) is 13.5. The zero-order chi connectivity index (χ0) is 19.8. The molecule has 1 aromatic carbocycles. The molecule has 4 rings (SSSR count). The number of halogens is 1. The molecule has 1 aliphatic rings. The summed E-state index contributed by atoms with van der Waals surface area (Å²) in [7, 11) is 0. The number of aromatic nitrogens is 2. The van der Waals surface area contributed by atoms with Gasteiger partial charge in [0.1, 0.15) is 23.1 Å². The van der Waals surface area contributed by atoms with Gasteiger partial charge in [0.2, 0.25) is 5.91 Å². The molecule has 142 valence electrons. The Morgan fingerprint density at radius 3 is 2.68 bits per heavy atom. The monoisotopic (exact) mass is 380 g/mol. The van der Waals surface area contributed by atoms with Crippen LogP contribution in [0.4, 0.5) is 4.39 Å². The van der Waals surface area contributed by atoms with E-state index in [0.29, 0.717) is 16.9 Å². The number of benzene rings is 1. The van der Waals surface area contributed by atoms with E-state index in [0.717, 1.165) is 0 Å². The van der Waals surface area contributed by atoms with Crippen molar-refractivity contribution in [3.05, 3.63) is 81.7 Å². The summed E-state index contributed by atoms with van der Waals surface area (Å²) in [4.78, 5) is 44.1. The summed E-state index contributed by atoms with van der Waals surface area (Å²) < 4.78 is 14.6. The van der Waals surface area contributed by atoms with E-state index < -0.39 is 23.3 Å². The lowest BCUT2D eigenvalue weighted by molar-refractivity contribution is -0.128. The molecule has 8 heteroatoms. The normalized spacial score (nSPS) is 16.9. The summed E-state index contributed by atoms with van der Waals surface area (Å²) >= 11 is 0. The molecule has 0 spiro atoms. The lowest BCUT2D eigenvalue weighted by atomic mass is 10.0. The molecule has 1 N–H and O–H groups in total. The van der Waals surface area contributed by atoms with E-state index in [2.05, 4.69) is 10.3 Å². The average Bonchev–Trinajstić information content (AvgIpc) is 2.68. The molecule has 28 heavy (non-hydrogen) atoms. The molecule has 1 fully saturated rings. The highest BCUT2D eigenvalue weighted by molar-refractivity contribution is 5.98. The van der Waals surface area contributed by atoms with Crippen molar-refractivity contribution in [1.29, 1.82) is 0 Å². The average molecular weight is 380 g/mol. The lowest BCUT2D eigenvalue weighted by Gasteiger charge is -2.35. The summed E-state index contributed by atoms with van der Waals surface area (Å²) in [5, 5.41) is 2.71. The first-order valence-corrected chi connectivity index (χ1v) is 8.79. The van der Waals surface area contributed by atoms with Gasteiger partial charge in [-0.15, -0.1) is 0 Å². The first kappa shape index (κ1) is 17.8. The van der Waals surface area contributed by atoms with Crippen LogP contribution in [0.5, 0.6) is 0 Å². The zero-order valence-corrected chi connectivity index (χ0v) is 15.1. The van der Waals surface area contributed by atoms with Crippen molar-refractivity contribution in [2.75, 3.05) is 13.1 Å². The van der Waals surface area contributed by atoms with Crippen molar-refractivity contribution in [3.8, 4) is 0 Å². The van der Waals surface area contributed by atoms with Crippen LogP contribution in [-0.4, -0.2) is 39.2 Å². The minimum Gasteiger partial charge on any atom is -0.352 e. The Kier molecular flexibility index (Phi) is 4.38. The van der Waals surface area contributed by atoms with E-state index in [1.807, 2.05) is 0 Å². The van der Waals surface area contributed by atoms with Crippen molar-refractivity contribution in [1.82, 2.24) is 19.6 Å². The van der Waals surface area contributed by atoms with Crippen molar-refractivity contribution in [2.24, 2.45) is 0 Å². The molecule has 7 nitrogen and oxygen atoms in total. The summed E-state index contributed by atoms with van der Waals surface area (Å²) in [5.41, 5.74) is 0.951. The zero-order valence-electron chi connectivity index (χ0n) is 15.1. The fourth-order valence-electron chi connectivity index (χ4n) is 3.44. The van der Waals surface area contributed by atoms with Gasteiger partial charge in [-0.25, -0.2) is 9.37 Å². The van der Waals surface area contributed by atoms with Gasteiger partial charge in [-0.05, 0) is 36.8 Å². The van der Waals surface area contributed by atoms with Crippen LogP contribution < -0.4 is 10.9 Å². The van der Waals surface area contributed by atoms with Gasteiger partial charge in [-0.2, -0.15) is 0 Å². The number of hydrogen-bond donors (Lipinski definition) is 1. The number of fused-ring (bicyclic) bond motifs is 1. The Bertz CT molecular complexity index is 1140. The summed E-state index contributed by atoms with van der Waals surface area (Å²) in [5.74, 6) is -1.40. The van der Waals surface area contributed by atoms with Crippen LogP contribution in [0.3, 0.4) is 0 Å². The van der Waals surface area contributed by atoms with Gasteiger partial charge in [0.05, 0.1) is 0 Å². The number of nitrogens with one attached hydrogen (secondary N) is 1. The predicted molar refractivity (Wildman–Crippen MR) is 99.4 cm³/mol. The number of rotatable bonds is 2. The Balaban J connectivity index is 1.79. The van der Waals surface area contributed by atoms with E-state index in [9.17, 15) is 18.8 Å². The number of aryl methyl sites for hydroxylation is 1. The smallest absolute Gasteiger partial charge is 0.270 e. The SMILES string of the molecule is Cc1cccc2ncc(C(=O)N3CCNC(=O)[C@@H]3c3ccc(F)cc3)c(=O)n12. The van der Waals surface area contributed by atoms with E-state index in [1.165, 1.54) is 39.8 Å². The van der Waals surface area contributed by atoms with Crippen molar-refractivity contribution < 1.29 is 14.0 Å². The highest BCUT2D eigenvalue weighted by Gasteiger charge is 2.36. The molecule has 0 bridgehead atoms. The molecule has 2 aromatic heterocycles. The van der Waals surface area contributed by atoms with Gasteiger partial charge < -0.3 is 10.2 Å². The van der Waals surface area contributed by atoms with Gasteiger partial charge in [0, 0.05) is 25.0 Å². The van der Waals surface area contributed by atoms with E-state index >= 15 is 0 Å². The maximum Gasteiger partial charge on any atom is 0.270 e. The largest absolute Gasteiger partial charge is 0.352 e. The van der Waals surface area contributed by atoms with Crippen LogP contribution in [0.1, 0.15) is 27.7 Å². The maximum absolute atomic E-state index is 13.3. The number of piperazine rings is 1. The molecule has 0 aliphatic carbocycles. The molecule has 0 radical (unpaired) electrons. The number of hydrogen-bond acceptors (Lipinski definition) is 4. The highest BCUT2D eigenvalue weighted by atomic mass is 19.1. The predicted octanol–water partition coefficient (Wildman–Crippen LogP) is 1.46. The Morgan fingerprint density at radius 1 is 1.18 bits per heavy atom. The van der Waals surface area contributed by atoms with E-state index in [1.54, 1.807) is 25.1 Å². The topological polar surface area (TPSA) is 83.8 Å². The van der Waals surface area contributed by atoms with Gasteiger partial charge >= 0.3 is 0 Å². The molecule has 1 atom stereocenters. The highest BCUT2D eigenvalue weighted by Crippen LogP contribution is 2.25. The minimum atomic E-state index is -0.946. The second kappa shape index (κ2) is 6.88. The Labute approximate surface area is 159 Å². The third kappa shape index (κ3) is 2.92. The van der Waals surface area contributed by atoms with Crippen LogP contribution in [-0.2, 0) is 4.79 Å². The third-order valence-corrected chi connectivity index (χ3v) is 4.81. The molecular formula is C20H17FN4O3. The quantitative estimate of drug-likeness (QED) is 0.730. The maximum atomic E-state index is 13.3.